The summed E-state index contributed by atoms with van der Waals surface area (Å²) in [5.74, 6) is -12.4. The van der Waals surface area contributed by atoms with Gasteiger partial charge in [-0.3, -0.25) is 0 Å². The van der Waals surface area contributed by atoms with Gasteiger partial charge >= 0.3 is 12.1 Å². The molecular weight excluding hydrogens is 709 g/mol. The number of rotatable bonds is 31. The maximum absolute atomic E-state index is 13.8. The Morgan fingerprint density at radius 1 is 0.472 bits per heavy atom. The van der Waals surface area contributed by atoms with Crippen molar-refractivity contribution < 1.29 is 40.0 Å². The number of quaternary nitrogens is 1. The van der Waals surface area contributed by atoms with Gasteiger partial charge in [-0.15, -0.1) is 0 Å². The van der Waals surface area contributed by atoms with Crippen LogP contribution in [0.15, 0.2) is 6.07 Å². The molecule has 0 fully saturated rings. The molecule has 0 saturated heterocycles. The highest BCUT2D eigenvalue weighted by Gasteiger charge is 2.62. The zero-order valence-electron chi connectivity index (χ0n) is 34.7. The fraction of sp³-hybridized carbons (Fsp3) is 0.860. The van der Waals surface area contributed by atoms with Crippen LogP contribution in [0.25, 0.3) is 0 Å². The highest BCUT2D eigenvalue weighted by atomic mass is 27.2. The summed E-state index contributed by atoms with van der Waals surface area (Å²) in [6.45, 7) is 10.9. The lowest BCUT2D eigenvalue weighted by atomic mass is 10.0. The van der Waals surface area contributed by atoms with E-state index < -0.39 is 53.9 Å². The van der Waals surface area contributed by atoms with Gasteiger partial charge in [0.25, 0.3) is 0 Å². The van der Waals surface area contributed by atoms with E-state index in [-0.39, 0.29) is 17.5 Å². The van der Waals surface area contributed by atoms with Crippen LogP contribution >= 0.6 is 0 Å². The zero-order chi connectivity index (χ0) is 40.2. The van der Waals surface area contributed by atoms with Crippen molar-refractivity contribution in [3.63, 3.8) is 0 Å². The van der Waals surface area contributed by atoms with E-state index in [9.17, 15) is 35.1 Å². The molecule has 0 amide bonds. The summed E-state index contributed by atoms with van der Waals surface area (Å²) in [6.07, 6.45) is 29.5. The number of benzene rings is 1. The molecule has 1 N–H and O–H groups in total. The van der Waals surface area contributed by atoms with E-state index in [1.807, 2.05) is 0 Å². The van der Waals surface area contributed by atoms with Gasteiger partial charge < -0.3 is 4.90 Å². The van der Waals surface area contributed by atoms with Crippen LogP contribution < -0.4 is 4.90 Å². The normalized spacial score (nSPS) is 12.9. The minimum absolute atomic E-state index is 0.0145. The Morgan fingerprint density at radius 3 is 1.06 bits per heavy atom. The van der Waals surface area contributed by atoms with Crippen molar-refractivity contribution in [3.8, 4) is 0 Å². The van der Waals surface area contributed by atoms with E-state index in [0.717, 1.165) is 0 Å². The average Bonchev–Trinajstić information content (AvgIpc) is 3.11. The van der Waals surface area contributed by atoms with Crippen molar-refractivity contribution in [2.24, 2.45) is 0 Å². The third kappa shape index (κ3) is 21.3. The molecule has 0 radical (unpaired) electrons. The minimum Gasteiger partial charge on any atom is -0.303 e. The van der Waals surface area contributed by atoms with Crippen LogP contribution in [-0.2, 0) is 5.92 Å². The molecule has 1 atom stereocenters. The van der Waals surface area contributed by atoms with Crippen LogP contribution in [0.4, 0.5) is 40.8 Å². The summed E-state index contributed by atoms with van der Waals surface area (Å²) in [4.78, 5) is 0.0145. The van der Waals surface area contributed by atoms with Gasteiger partial charge in [-0.05, 0) is 6.92 Å². The molecule has 0 aliphatic carbocycles. The van der Waals surface area contributed by atoms with Gasteiger partial charge in [0.05, 0.1) is 13.6 Å². The largest absolute Gasteiger partial charge is 0.458 e. The fourth-order valence-electron chi connectivity index (χ4n) is 7.82. The van der Waals surface area contributed by atoms with Gasteiger partial charge in [0.15, 0.2) is 23.1 Å². The van der Waals surface area contributed by atoms with Gasteiger partial charge in [-0.25, -0.2) is 8.78 Å². The van der Waals surface area contributed by atoms with Crippen molar-refractivity contribution in [3.05, 3.63) is 29.1 Å². The number of halogens is 8. The van der Waals surface area contributed by atoms with Crippen LogP contribution in [0, 0.1) is 17.5 Å². The van der Waals surface area contributed by atoms with Crippen LogP contribution in [0.5, 0.6) is 0 Å². The monoisotopic (exact) mass is 788 g/mol. The molecule has 314 valence electrons. The van der Waals surface area contributed by atoms with E-state index in [2.05, 4.69) is 27.7 Å². The average molecular weight is 788 g/mol. The number of hydrogen-bond donors (Lipinski definition) is 1. The van der Waals surface area contributed by atoms with Gasteiger partial charge in [0.2, 0.25) is 0 Å². The van der Waals surface area contributed by atoms with Crippen molar-refractivity contribution in [1.82, 2.24) is 0 Å². The van der Waals surface area contributed by atoms with E-state index in [4.69, 9.17) is 0 Å². The first-order valence-corrected chi connectivity index (χ1v) is 25.1. The molecule has 0 spiro atoms. The molecule has 1 nitrogen and oxygen atoms in total. The molecule has 10 heteroatoms. The minimum atomic E-state index is -6.24. The van der Waals surface area contributed by atoms with E-state index in [1.54, 1.807) is 46.8 Å². The van der Waals surface area contributed by atoms with Crippen LogP contribution in [-0.4, -0.2) is 32.8 Å². The molecular formula is C43H78AlF8N. The number of alkyl halides is 5. The topological polar surface area (TPSA) is 4.44 Å². The molecule has 53 heavy (non-hydrogen) atoms. The Balaban J connectivity index is 0.00000115. The second-order valence-corrected chi connectivity index (χ2v) is 21.8. The number of unbranched alkanes of at least 4 members (excludes halogenated alkanes) is 20. The third-order valence-corrected chi connectivity index (χ3v) is 18.0. The van der Waals surface area contributed by atoms with Gasteiger partial charge in [0, 0.05) is 6.07 Å². The first kappa shape index (κ1) is 52.2. The zero-order valence-corrected chi connectivity index (χ0v) is 35.8. The molecule has 0 aliphatic heterocycles. The fourth-order valence-corrected chi connectivity index (χ4v) is 14.2. The van der Waals surface area contributed by atoms with Gasteiger partial charge in [-0.2, -0.15) is 47.5 Å². The Bertz CT molecular complexity index is 963. The summed E-state index contributed by atoms with van der Waals surface area (Å²) in [5.41, 5.74) is -3.42. The second kappa shape index (κ2) is 30.3. The van der Waals surface area contributed by atoms with E-state index in [1.165, 1.54) is 142 Å². The summed E-state index contributed by atoms with van der Waals surface area (Å²) < 4.78 is 103. The third-order valence-electron chi connectivity index (χ3n) is 11.5. The highest BCUT2D eigenvalue weighted by molar-refractivity contribution is 6.79. The first-order chi connectivity index (χ1) is 25.2. The maximum atomic E-state index is 13.8. The van der Waals surface area contributed by atoms with Gasteiger partial charge in [0.1, 0.15) is 18.6 Å². The predicted molar refractivity (Wildman–Crippen MR) is 212 cm³/mol. The second-order valence-electron chi connectivity index (χ2n) is 16.1. The Morgan fingerprint density at radius 2 is 0.774 bits per heavy atom. The predicted octanol–water partition coefficient (Wildman–Crippen LogP) is 15.8. The van der Waals surface area contributed by atoms with Crippen molar-refractivity contribution in [1.29, 1.82) is 0 Å². The quantitative estimate of drug-likeness (QED) is 0.0331. The summed E-state index contributed by atoms with van der Waals surface area (Å²) in [7, 11) is 1.21. The number of hydrogen-bond acceptors (Lipinski definition) is 0. The molecule has 1 unspecified atom stereocenters. The lowest BCUT2D eigenvalue weighted by molar-refractivity contribution is -0.809. The molecule has 0 heterocycles. The lowest BCUT2D eigenvalue weighted by Gasteiger charge is -2.37. The van der Waals surface area contributed by atoms with E-state index >= 15 is 0 Å². The SMILES string of the molecule is CCCCCCC[CH2][Al-]([CH2]CCCCCCC)([CH2]CCCCCCC)[CH2]CCCCCCC.CC[NH+](C)c1cc(F)c(F)c(C(F)(F)C(F)(F)F)c1F. The first-order valence-electron chi connectivity index (χ1n) is 21.9. The standard InChI is InChI=1S/C11H9F8N.4C8H17.Al/c1-3-20(2)6-4-5(12)8(13)7(9(6)14)10(15,16)11(17,18)19;4*1-3-5-7-8-6-4-2;/h4H,3H2,1-2H3;4*1,3-8H2,2H3;/q;;;;;-1/p+1. The molecule has 0 aromatic heterocycles. The molecule has 0 saturated carbocycles. The summed E-state index contributed by atoms with van der Waals surface area (Å²) >= 11 is -1.42. The molecule has 0 aliphatic rings. The van der Waals surface area contributed by atoms with E-state index in [0.29, 0.717) is 0 Å². The lowest BCUT2D eigenvalue weighted by Crippen LogP contribution is -3.03. The molecule has 1 aromatic carbocycles. The van der Waals surface area contributed by atoms with Crippen LogP contribution in [0.1, 0.15) is 194 Å². The Hall–Kier alpha value is -0.848. The molecule has 0 bridgehead atoms. The van der Waals surface area contributed by atoms with Crippen LogP contribution in [0.3, 0.4) is 0 Å². The maximum Gasteiger partial charge on any atom is 0.458 e. The molecule has 1 rings (SSSR count). The van der Waals surface area contributed by atoms with Crippen molar-refractivity contribution in [2.45, 2.75) is 222 Å². The van der Waals surface area contributed by atoms with Crippen LogP contribution in [0.2, 0.25) is 21.1 Å². The highest BCUT2D eigenvalue weighted by Crippen LogP contribution is 2.47. The molecule has 1 aromatic rings. The van der Waals surface area contributed by atoms with Crippen molar-refractivity contribution in [2.75, 3.05) is 13.6 Å². The number of nitrogens with one attached hydrogen (secondary N) is 1. The smallest absolute Gasteiger partial charge is 0.303 e. The van der Waals surface area contributed by atoms with Gasteiger partial charge in [-0.1, -0.05) is 182 Å². The summed E-state index contributed by atoms with van der Waals surface area (Å²) in [6, 6.07) is 0.263. The van der Waals surface area contributed by atoms with Crippen molar-refractivity contribution >= 4 is 18.8 Å². The Kier molecular flexibility index (Phi) is 29.8. The Labute approximate surface area is 322 Å². The summed E-state index contributed by atoms with van der Waals surface area (Å²) in [5, 5.41) is 6.83.